The quantitative estimate of drug-likeness (QED) is 0.849. The monoisotopic (exact) mass is 364 g/mol. The van der Waals surface area contributed by atoms with Crippen molar-refractivity contribution in [1.82, 2.24) is 9.97 Å². The zero-order chi connectivity index (χ0) is 17.2. The highest BCUT2D eigenvalue weighted by Gasteiger charge is 2.36. The minimum Gasteiger partial charge on any atom is -0.393 e. The number of nitrogens with one attached hydrogen (secondary N) is 1. The smallest absolute Gasteiger partial charge is 0.225 e. The summed E-state index contributed by atoms with van der Waals surface area (Å²) in [4.78, 5) is 11.6. The van der Waals surface area contributed by atoms with Crippen molar-refractivity contribution in [3.8, 4) is 0 Å². The summed E-state index contributed by atoms with van der Waals surface area (Å²) < 4.78 is 19.5. The highest BCUT2D eigenvalue weighted by atomic mass is 32.1. The van der Waals surface area contributed by atoms with Crippen LogP contribution >= 0.6 is 11.3 Å². The maximum atomic E-state index is 14.2. The number of anilines is 2. The van der Waals surface area contributed by atoms with Gasteiger partial charge in [-0.25, -0.2) is 9.37 Å². The molecule has 3 heterocycles. The van der Waals surface area contributed by atoms with Crippen LogP contribution in [0.1, 0.15) is 23.8 Å². The van der Waals surface area contributed by atoms with Gasteiger partial charge in [0.2, 0.25) is 5.95 Å². The van der Waals surface area contributed by atoms with Crippen molar-refractivity contribution in [1.29, 1.82) is 0 Å². The Hall–Kier alpha value is -1.77. The second kappa shape index (κ2) is 7.23. The summed E-state index contributed by atoms with van der Waals surface area (Å²) in [6, 6.07) is 4.11. The normalized spacial score (nSPS) is 24.6. The van der Waals surface area contributed by atoms with Gasteiger partial charge in [-0.2, -0.15) is 4.98 Å². The average molecular weight is 364 g/mol. The predicted octanol–water partition coefficient (Wildman–Crippen LogP) is 2.44. The van der Waals surface area contributed by atoms with Crippen molar-refractivity contribution >= 4 is 23.1 Å². The van der Waals surface area contributed by atoms with Gasteiger partial charge in [-0.05, 0) is 30.2 Å². The Morgan fingerprint density at radius 3 is 2.84 bits per heavy atom. The van der Waals surface area contributed by atoms with E-state index in [9.17, 15) is 9.50 Å². The van der Waals surface area contributed by atoms with Gasteiger partial charge in [-0.1, -0.05) is 6.07 Å². The number of hydrogen-bond donors (Lipinski definition) is 2. The van der Waals surface area contributed by atoms with Crippen molar-refractivity contribution in [2.75, 3.05) is 36.5 Å². The van der Waals surface area contributed by atoms with E-state index in [0.717, 1.165) is 12.8 Å². The molecule has 1 aliphatic heterocycles. The Labute approximate surface area is 149 Å². The molecule has 134 valence electrons. The minimum absolute atomic E-state index is 0.0337. The number of halogens is 1. The molecule has 0 bridgehead atoms. The summed E-state index contributed by atoms with van der Waals surface area (Å²) in [5.74, 6) is 0.649. The molecule has 0 spiro atoms. The third-order valence-corrected chi connectivity index (χ3v) is 5.75. The molecular weight excluding hydrogens is 343 g/mol. The van der Waals surface area contributed by atoms with Crippen LogP contribution < -0.4 is 10.2 Å². The van der Waals surface area contributed by atoms with Gasteiger partial charge in [-0.3, -0.25) is 0 Å². The molecule has 6 nitrogen and oxygen atoms in total. The Bertz CT molecular complexity index is 703. The lowest BCUT2D eigenvalue weighted by atomic mass is 9.77. The number of morpholine rings is 1. The fourth-order valence-electron chi connectivity index (χ4n) is 3.36. The van der Waals surface area contributed by atoms with Crippen LogP contribution in [0, 0.1) is 11.7 Å². The van der Waals surface area contributed by atoms with Crippen LogP contribution in [0.25, 0.3) is 0 Å². The van der Waals surface area contributed by atoms with E-state index in [0.29, 0.717) is 44.0 Å². The van der Waals surface area contributed by atoms with E-state index in [1.807, 2.05) is 16.3 Å². The fourth-order valence-corrected chi connectivity index (χ4v) is 4.22. The lowest BCUT2D eigenvalue weighted by molar-refractivity contribution is 0.0343. The molecule has 8 heteroatoms. The zero-order valence-electron chi connectivity index (χ0n) is 13.8. The molecule has 1 unspecified atom stereocenters. The first-order chi connectivity index (χ1) is 12.2. The molecule has 0 amide bonds. The summed E-state index contributed by atoms with van der Waals surface area (Å²) in [6.45, 7) is 2.39. The number of nitrogens with zero attached hydrogens (tertiary/aromatic N) is 3. The van der Waals surface area contributed by atoms with Gasteiger partial charge in [0.25, 0.3) is 0 Å². The number of thiophene rings is 1. The van der Waals surface area contributed by atoms with E-state index in [2.05, 4.69) is 21.4 Å². The van der Waals surface area contributed by atoms with Crippen molar-refractivity contribution < 1.29 is 14.2 Å². The van der Waals surface area contributed by atoms with E-state index >= 15 is 0 Å². The number of aliphatic hydroxyl groups excluding tert-OH is 1. The fraction of sp³-hybridized carbons (Fsp3) is 0.529. The second-order valence-corrected chi connectivity index (χ2v) is 7.47. The standard InChI is InChI=1S/C17H21FN4O2S/c18-13-10-19-17(21-16(13)22-3-5-24-6-4-22)20-15(11-8-12(23)9-11)14-2-1-7-25-14/h1-2,7,10-12,15,23H,3-6,8-9H2,(H,19,20,21). The van der Waals surface area contributed by atoms with Crippen molar-refractivity contribution in [2.24, 2.45) is 5.92 Å². The lowest BCUT2D eigenvalue weighted by Gasteiger charge is -2.37. The Morgan fingerprint density at radius 1 is 1.36 bits per heavy atom. The summed E-state index contributed by atoms with van der Waals surface area (Å²) >= 11 is 1.66. The molecule has 25 heavy (non-hydrogen) atoms. The molecule has 0 aromatic carbocycles. The van der Waals surface area contributed by atoms with Gasteiger partial charge in [0, 0.05) is 18.0 Å². The Balaban J connectivity index is 1.55. The molecule has 1 saturated heterocycles. The summed E-state index contributed by atoms with van der Waals surface area (Å²) in [7, 11) is 0. The van der Waals surface area contributed by atoms with Crippen molar-refractivity contribution in [3.05, 3.63) is 34.4 Å². The molecule has 2 aliphatic rings. The number of rotatable bonds is 5. The Morgan fingerprint density at radius 2 is 2.16 bits per heavy atom. The summed E-state index contributed by atoms with van der Waals surface area (Å²) in [5.41, 5.74) is 0. The van der Waals surface area contributed by atoms with E-state index < -0.39 is 5.82 Å². The van der Waals surface area contributed by atoms with Crippen molar-refractivity contribution in [3.63, 3.8) is 0 Å². The molecule has 4 rings (SSSR count). The van der Waals surface area contributed by atoms with Gasteiger partial charge in [0.05, 0.1) is 31.6 Å². The summed E-state index contributed by atoms with van der Waals surface area (Å²) in [6.07, 6.45) is 2.51. The molecular formula is C17H21FN4O2S. The first-order valence-corrected chi connectivity index (χ1v) is 9.42. The van der Waals surface area contributed by atoms with Crippen LogP contribution in [0.15, 0.2) is 23.7 Å². The average Bonchev–Trinajstić information content (AvgIpc) is 3.14. The highest BCUT2D eigenvalue weighted by Crippen LogP contribution is 2.41. The zero-order valence-corrected chi connectivity index (χ0v) is 14.6. The lowest BCUT2D eigenvalue weighted by Crippen LogP contribution is -2.38. The largest absolute Gasteiger partial charge is 0.393 e. The molecule has 2 fully saturated rings. The molecule has 2 N–H and O–H groups in total. The first-order valence-electron chi connectivity index (χ1n) is 8.54. The molecule has 1 aliphatic carbocycles. The number of aromatic nitrogens is 2. The van der Waals surface area contributed by atoms with Crippen molar-refractivity contribution in [2.45, 2.75) is 25.0 Å². The molecule has 1 atom stereocenters. The van der Waals surface area contributed by atoms with Crippen LogP contribution in [0.3, 0.4) is 0 Å². The van der Waals surface area contributed by atoms with Gasteiger partial charge < -0.3 is 20.1 Å². The van der Waals surface area contributed by atoms with Gasteiger partial charge in [0.15, 0.2) is 11.6 Å². The molecule has 0 radical (unpaired) electrons. The number of hydrogen-bond acceptors (Lipinski definition) is 7. The third kappa shape index (κ3) is 3.61. The van der Waals surface area contributed by atoms with Crippen LogP contribution in [-0.2, 0) is 4.74 Å². The van der Waals surface area contributed by atoms with Crippen LogP contribution in [0.5, 0.6) is 0 Å². The van der Waals surface area contributed by atoms with Crippen LogP contribution in [-0.4, -0.2) is 47.5 Å². The Kier molecular flexibility index (Phi) is 4.82. The van der Waals surface area contributed by atoms with Gasteiger partial charge in [0.1, 0.15) is 0 Å². The molecule has 2 aromatic rings. The maximum absolute atomic E-state index is 14.2. The topological polar surface area (TPSA) is 70.5 Å². The second-order valence-electron chi connectivity index (χ2n) is 6.49. The number of aliphatic hydroxyl groups is 1. The van der Waals surface area contributed by atoms with E-state index in [1.165, 1.54) is 11.1 Å². The maximum Gasteiger partial charge on any atom is 0.225 e. The van der Waals surface area contributed by atoms with Gasteiger partial charge in [-0.15, -0.1) is 11.3 Å². The van der Waals surface area contributed by atoms with Crippen LogP contribution in [0.4, 0.5) is 16.2 Å². The number of ether oxygens (including phenoxy) is 1. The van der Waals surface area contributed by atoms with Gasteiger partial charge >= 0.3 is 0 Å². The first kappa shape index (κ1) is 16.7. The van der Waals surface area contributed by atoms with Crippen LogP contribution in [0.2, 0.25) is 0 Å². The SMILES string of the molecule is OC1CC(C(Nc2ncc(F)c(N3CCOCC3)n2)c2cccs2)C1. The summed E-state index contributed by atoms with van der Waals surface area (Å²) in [5, 5.41) is 15.1. The van der Waals surface area contributed by atoms with E-state index in [4.69, 9.17) is 4.74 Å². The highest BCUT2D eigenvalue weighted by molar-refractivity contribution is 7.10. The van der Waals surface area contributed by atoms with E-state index in [-0.39, 0.29) is 12.1 Å². The third-order valence-electron chi connectivity index (χ3n) is 4.79. The molecule has 2 aromatic heterocycles. The molecule has 1 saturated carbocycles. The van der Waals surface area contributed by atoms with E-state index in [1.54, 1.807) is 11.3 Å². The predicted molar refractivity (Wildman–Crippen MR) is 94.4 cm³/mol. The minimum atomic E-state index is -0.417.